The molecule has 2 fully saturated rings. The van der Waals surface area contributed by atoms with Crippen LogP contribution in [0.1, 0.15) is 54.1 Å². The van der Waals surface area contributed by atoms with Crippen molar-refractivity contribution >= 4 is 28.3 Å². The van der Waals surface area contributed by atoms with Gasteiger partial charge in [0.15, 0.2) is 5.82 Å². The first-order valence-electron chi connectivity index (χ1n) is 11.5. The van der Waals surface area contributed by atoms with Gasteiger partial charge in [0.2, 0.25) is 0 Å². The number of aryl methyl sites for hydroxylation is 1. The van der Waals surface area contributed by atoms with Gasteiger partial charge in [-0.15, -0.1) is 0 Å². The molecule has 0 aliphatic carbocycles. The van der Waals surface area contributed by atoms with Crippen LogP contribution in [0, 0.1) is 6.92 Å². The highest BCUT2D eigenvalue weighted by atomic mass is 16.5. The highest BCUT2D eigenvalue weighted by Crippen LogP contribution is 2.29. The molecule has 8 heteroatoms. The first-order chi connectivity index (χ1) is 15.6. The number of nitrogens with zero attached hydrogens (tertiary/aromatic N) is 3. The number of benzene rings is 1. The number of carbonyl (C=O) groups excluding carboxylic acids is 1. The molecule has 8 nitrogen and oxygen atoms in total. The normalized spacial score (nSPS) is 19.3. The average molecular weight is 436 g/mol. The molecule has 2 aliphatic heterocycles. The minimum Gasteiger partial charge on any atom is -0.379 e. The molecule has 0 bridgehead atoms. The number of pyridine rings is 1. The first-order valence-corrected chi connectivity index (χ1v) is 11.5. The Labute approximate surface area is 186 Å². The molecule has 1 unspecified atom stereocenters. The highest BCUT2D eigenvalue weighted by molar-refractivity contribution is 5.96. The van der Waals surface area contributed by atoms with Crippen molar-refractivity contribution in [2.75, 3.05) is 31.6 Å². The third-order valence-corrected chi connectivity index (χ3v) is 6.48. The van der Waals surface area contributed by atoms with Gasteiger partial charge in [-0.25, -0.2) is 0 Å². The van der Waals surface area contributed by atoms with E-state index >= 15 is 0 Å². The maximum atomic E-state index is 12.9. The number of H-pyrrole nitrogens is 1. The molecule has 1 aromatic carbocycles. The van der Waals surface area contributed by atoms with Crippen LogP contribution in [-0.4, -0.2) is 51.9 Å². The van der Waals surface area contributed by atoms with Crippen LogP contribution in [0.15, 0.2) is 35.3 Å². The van der Waals surface area contributed by atoms with E-state index in [-0.39, 0.29) is 17.5 Å². The summed E-state index contributed by atoms with van der Waals surface area (Å²) >= 11 is 0. The fourth-order valence-corrected chi connectivity index (χ4v) is 4.77. The second-order valence-electron chi connectivity index (χ2n) is 8.74. The zero-order chi connectivity index (χ0) is 22.1. The number of ether oxygens (including phenoxy) is 1. The van der Waals surface area contributed by atoms with Crippen LogP contribution in [0.2, 0.25) is 0 Å². The SMILES string of the molecule is Cc1cc(Nc2nn(C3CCCOC3)c3cc[nH]c(=O)c23)ccc1C(=O)N1CCCCC1. The standard InChI is InChI=1S/C24H29N5O3/c1-16-14-17(7-8-19(16)24(31)28-11-3-2-4-12-28)26-22-21-20(9-10-25-23(21)30)29(27-22)18-6-5-13-32-15-18/h7-10,14,18H,2-6,11-13,15H2,1H3,(H,25,30)(H,26,27). The Kier molecular flexibility index (Phi) is 5.70. The molecule has 0 saturated carbocycles. The molecule has 4 heterocycles. The molecule has 0 spiro atoms. The van der Waals surface area contributed by atoms with Crippen molar-refractivity contribution in [2.24, 2.45) is 0 Å². The topological polar surface area (TPSA) is 92.2 Å². The molecule has 168 valence electrons. The molecule has 32 heavy (non-hydrogen) atoms. The number of hydrogen-bond donors (Lipinski definition) is 2. The Balaban J connectivity index is 1.45. The van der Waals surface area contributed by atoms with Crippen molar-refractivity contribution in [1.29, 1.82) is 0 Å². The van der Waals surface area contributed by atoms with E-state index in [1.165, 1.54) is 6.42 Å². The van der Waals surface area contributed by atoms with Gasteiger partial charge in [0.05, 0.1) is 18.2 Å². The lowest BCUT2D eigenvalue weighted by atomic mass is 10.0. The zero-order valence-electron chi connectivity index (χ0n) is 18.4. The van der Waals surface area contributed by atoms with E-state index in [4.69, 9.17) is 9.84 Å². The van der Waals surface area contributed by atoms with E-state index in [1.54, 1.807) is 6.20 Å². The van der Waals surface area contributed by atoms with E-state index in [0.29, 0.717) is 17.8 Å². The number of anilines is 2. The largest absolute Gasteiger partial charge is 0.379 e. The van der Waals surface area contributed by atoms with Crippen LogP contribution >= 0.6 is 0 Å². The summed E-state index contributed by atoms with van der Waals surface area (Å²) in [5.74, 6) is 0.610. The molecule has 1 atom stereocenters. The molecule has 2 aliphatic rings. The number of amides is 1. The number of carbonyl (C=O) groups is 1. The number of likely N-dealkylation sites (tertiary alicyclic amines) is 1. The average Bonchev–Trinajstić information content (AvgIpc) is 3.19. The van der Waals surface area contributed by atoms with Crippen LogP contribution < -0.4 is 10.9 Å². The van der Waals surface area contributed by atoms with Crippen molar-refractivity contribution in [3.8, 4) is 0 Å². The summed E-state index contributed by atoms with van der Waals surface area (Å²) in [5.41, 5.74) is 3.04. The third kappa shape index (κ3) is 3.90. The van der Waals surface area contributed by atoms with E-state index in [9.17, 15) is 9.59 Å². The summed E-state index contributed by atoms with van der Waals surface area (Å²) in [5, 5.41) is 8.61. The summed E-state index contributed by atoms with van der Waals surface area (Å²) in [6.45, 7) is 4.97. The van der Waals surface area contributed by atoms with E-state index in [2.05, 4.69) is 10.3 Å². The predicted molar refractivity (Wildman–Crippen MR) is 124 cm³/mol. The van der Waals surface area contributed by atoms with E-state index in [1.807, 2.05) is 40.8 Å². The molecule has 2 aromatic heterocycles. The second kappa shape index (κ2) is 8.78. The van der Waals surface area contributed by atoms with Gasteiger partial charge in [0.25, 0.3) is 11.5 Å². The Bertz CT molecular complexity index is 1190. The smallest absolute Gasteiger partial charge is 0.261 e. The Morgan fingerprint density at radius 2 is 2.03 bits per heavy atom. The number of aromatic amines is 1. The molecule has 5 rings (SSSR count). The summed E-state index contributed by atoms with van der Waals surface area (Å²) in [6.07, 6.45) is 6.93. The van der Waals surface area contributed by atoms with Crippen LogP contribution in [0.4, 0.5) is 11.5 Å². The maximum absolute atomic E-state index is 12.9. The van der Waals surface area contributed by atoms with Gasteiger partial charge >= 0.3 is 0 Å². The van der Waals surface area contributed by atoms with Crippen molar-refractivity contribution in [2.45, 2.75) is 45.1 Å². The van der Waals surface area contributed by atoms with Gasteiger partial charge < -0.3 is 19.9 Å². The van der Waals surface area contributed by atoms with E-state index in [0.717, 1.165) is 67.7 Å². The predicted octanol–water partition coefficient (Wildman–Crippen LogP) is 3.75. The number of piperidine rings is 1. The van der Waals surface area contributed by atoms with Crippen molar-refractivity contribution in [1.82, 2.24) is 19.7 Å². The maximum Gasteiger partial charge on any atom is 0.261 e. The summed E-state index contributed by atoms with van der Waals surface area (Å²) in [4.78, 5) is 30.3. The zero-order valence-corrected chi connectivity index (χ0v) is 18.4. The number of aromatic nitrogens is 3. The fourth-order valence-electron chi connectivity index (χ4n) is 4.77. The van der Waals surface area contributed by atoms with Gasteiger partial charge in [-0.1, -0.05) is 0 Å². The molecule has 2 saturated heterocycles. The minimum absolute atomic E-state index is 0.0946. The minimum atomic E-state index is -0.179. The van der Waals surface area contributed by atoms with Crippen LogP contribution in [-0.2, 0) is 4.74 Å². The summed E-state index contributed by atoms with van der Waals surface area (Å²) < 4.78 is 7.55. The second-order valence-corrected chi connectivity index (χ2v) is 8.74. The van der Waals surface area contributed by atoms with Gasteiger partial charge in [0.1, 0.15) is 5.39 Å². The van der Waals surface area contributed by atoms with Gasteiger partial charge in [0, 0.05) is 37.1 Å². The Morgan fingerprint density at radius 3 is 2.78 bits per heavy atom. The summed E-state index contributed by atoms with van der Waals surface area (Å²) in [7, 11) is 0. The van der Waals surface area contributed by atoms with Gasteiger partial charge in [-0.2, -0.15) is 5.10 Å². The fraction of sp³-hybridized carbons (Fsp3) is 0.458. The van der Waals surface area contributed by atoms with Gasteiger partial charge in [-0.3, -0.25) is 14.3 Å². The van der Waals surface area contributed by atoms with Gasteiger partial charge in [-0.05, 0) is 68.9 Å². The van der Waals surface area contributed by atoms with Crippen molar-refractivity contribution < 1.29 is 9.53 Å². The lowest BCUT2D eigenvalue weighted by Gasteiger charge is -2.27. The molecule has 1 amide bonds. The highest BCUT2D eigenvalue weighted by Gasteiger charge is 2.23. The molecular formula is C24H29N5O3. The monoisotopic (exact) mass is 435 g/mol. The first kappa shape index (κ1) is 20.8. The van der Waals surface area contributed by atoms with Crippen molar-refractivity contribution in [3.63, 3.8) is 0 Å². The van der Waals surface area contributed by atoms with E-state index < -0.39 is 0 Å². The Morgan fingerprint density at radius 1 is 1.19 bits per heavy atom. The third-order valence-electron chi connectivity index (χ3n) is 6.48. The number of rotatable bonds is 4. The van der Waals surface area contributed by atoms with Crippen molar-refractivity contribution in [3.05, 3.63) is 51.9 Å². The number of nitrogens with one attached hydrogen (secondary N) is 2. The lowest BCUT2D eigenvalue weighted by molar-refractivity contribution is 0.0566. The molecular weight excluding hydrogens is 406 g/mol. The van der Waals surface area contributed by atoms with Crippen LogP contribution in [0.5, 0.6) is 0 Å². The van der Waals surface area contributed by atoms with Crippen LogP contribution in [0.25, 0.3) is 10.9 Å². The Hall–Kier alpha value is -3.13. The number of hydrogen-bond acceptors (Lipinski definition) is 5. The summed E-state index contributed by atoms with van der Waals surface area (Å²) in [6, 6.07) is 7.69. The van der Waals surface area contributed by atoms with Crippen LogP contribution in [0.3, 0.4) is 0 Å². The lowest BCUT2D eigenvalue weighted by Crippen LogP contribution is -2.35. The molecule has 0 radical (unpaired) electrons. The quantitative estimate of drug-likeness (QED) is 0.651. The number of fused-ring (bicyclic) bond motifs is 1. The molecule has 2 N–H and O–H groups in total. The molecule has 3 aromatic rings.